The normalized spacial score (nSPS) is 14.1. The van der Waals surface area contributed by atoms with Gasteiger partial charge in [0, 0.05) is 11.9 Å². The fraction of sp³-hybridized carbons (Fsp3) is 0.412. The van der Waals surface area contributed by atoms with E-state index in [0.29, 0.717) is 11.1 Å². The molecule has 1 atom stereocenters. The number of fused-ring (bicyclic) bond motifs is 1. The van der Waals surface area contributed by atoms with E-state index in [1.165, 1.54) is 0 Å². The molecule has 1 unspecified atom stereocenters. The number of nitrogens with one attached hydrogen (secondary N) is 1. The first kappa shape index (κ1) is 16.2. The van der Waals surface area contributed by atoms with Crippen LogP contribution in [-0.4, -0.2) is 23.2 Å². The number of para-hydroxylation sites is 1. The Hall–Kier alpha value is -2.14. The molecule has 0 saturated carbocycles. The van der Waals surface area contributed by atoms with Gasteiger partial charge in [0.1, 0.15) is 11.1 Å². The maximum Gasteiger partial charge on any atom is 0.349 e. The molecule has 2 rings (SSSR count). The summed E-state index contributed by atoms with van der Waals surface area (Å²) >= 11 is 0. The zero-order valence-electron chi connectivity index (χ0n) is 13.3. The molecule has 5 nitrogen and oxygen atoms in total. The van der Waals surface area contributed by atoms with E-state index in [0.717, 1.165) is 5.39 Å². The quantitative estimate of drug-likeness (QED) is 0.849. The molecule has 1 heterocycles. The Morgan fingerprint density at radius 1 is 1.36 bits per heavy atom. The van der Waals surface area contributed by atoms with Gasteiger partial charge in [-0.2, -0.15) is 0 Å². The van der Waals surface area contributed by atoms with Gasteiger partial charge in [-0.25, -0.2) is 4.79 Å². The van der Waals surface area contributed by atoms with Crippen LogP contribution >= 0.6 is 0 Å². The van der Waals surface area contributed by atoms with Crippen molar-refractivity contribution in [2.45, 2.75) is 33.3 Å². The second-order valence-electron chi connectivity index (χ2n) is 6.08. The summed E-state index contributed by atoms with van der Waals surface area (Å²) < 4.78 is 5.20. The predicted molar refractivity (Wildman–Crippen MR) is 85.0 cm³/mol. The van der Waals surface area contributed by atoms with Gasteiger partial charge in [-0.15, -0.1) is 0 Å². The van der Waals surface area contributed by atoms with E-state index in [9.17, 15) is 14.7 Å². The molecular formula is C17H21NO4. The lowest BCUT2D eigenvalue weighted by Crippen LogP contribution is -2.45. The van der Waals surface area contributed by atoms with Crippen LogP contribution in [0.15, 0.2) is 33.5 Å². The predicted octanol–water partition coefficient (Wildman–Crippen LogP) is 2.24. The minimum atomic E-state index is -1.04. The van der Waals surface area contributed by atoms with Crippen molar-refractivity contribution >= 4 is 16.9 Å². The van der Waals surface area contributed by atoms with Crippen LogP contribution in [-0.2, 0) is 0 Å². The Morgan fingerprint density at radius 3 is 2.64 bits per heavy atom. The number of aliphatic hydroxyl groups is 1. The molecule has 5 heteroatoms. The lowest BCUT2D eigenvalue weighted by molar-refractivity contribution is 0.0142. The molecule has 0 aliphatic carbocycles. The van der Waals surface area contributed by atoms with Crippen molar-refractivity contribution in [3.8, 4) is 0 Å². The van der Waals surface area contributed by atoms with Crippen molar-refractivity contribution in [2.75, 3.05) is 6.54 Å². The van der Waals surface area contributed by atoms with E-state index in [-0.39, 0.29) is 18.0 Å². The topological polar surface area (TPSA) is 79.5 Å². The van der Waals surface area contributed by atoms with Gasteiger partial charge in [-0.05, 0) is 31.4 Å². The molecule has 2 N–H and O–H groups in total. The van der Waals surface area contributed by atoms with Crippen LogP contribution in [0.25, 0.3) is 11.0 Å². The molecule has 118 valence electrons. The number of benzene rings is 1. The summed E-state index contributed by atoms with van der Waals surface area (Å²) in [6, 6.07) is 7.08. The Balaban J connectivity index is 2.35. The van der Waals surface area contributed by atoms with Crippen LogP contribution in [0.4, 0.5) is 0 Å². The highest BCUT2D eigenvalue weighted by atomic mass is 16.4. The lowest BCUT2D eigenvalue weighted by Gasteiger charge is -2.27. The largest absolute Gasteiger partial charge is 0.422 e. The van der Waals surface area contributed by atoms with E-state index in [2.05, 4.69) is 5.32 Å². The third-order valence-electron chi connectivity index (χ3n) is 4.15. The van der Waals surface area contributed by atoms with E-state index in [1.807, 2.05) is 19.9 Å². The van der Waals surface area contributed by atoms with Gasteiger partial charge in [0.2, 0.25) is 0 Å². The molecule has 0 radical (unpaired) electrons. The van der Waals surface area contributed by atoms with Crippen molar-refractivity contribution in [1.82, 2.24) is 5.32 Å². The number of amides is 1. The number of carbonyl (C=O) groups excluding carboxylic acids is 1. The first-order valence-electron chi connectivity index (χ1n) is 7.27. The summed E-state index contributed by atoms with van der Waals surface area (Å²) in [5.41, 5.74) is -0.693. The molecule has 0 aliphatic rings. The summed E-state index contributed by atoms with van der Waals surface area (Å²) in [5, 5.41) is 13.5. The van der Waals surface area contributed by atoms with Gasteiger partial charge in [0.15, 0.2) is 0 Å². The average molecular weight is 303 g/mol. The third kappa shape index (κ3) is 3.04. The summed E-state index contributed by atoms with van der Waals surface area (Å²) in [4.78, 5) is 24.4. The van der Waals surface area contributed by atoms with Gasteiger partial charge in [-0.3, -0.25) is 4.79 Å². The zero-order chi connectivity index (χ0) is 16.5. The van der Waals surface area contributed by atoms with E-state index >= 15 is 0 Å². The zero-order valence-corrected chi connectivity index (χ0v) is 13.3. The molecule has 1 aromatic carbocycles. The van der Waals surface area contributed by atoms with Gasteiger partial charge < -0.3 is 14.8 Å². The van der Waals surface area contributed by atoms with Gasteiger partial charge in [-0.1, -0.05) is 32.0 Å². The average Bonchev–Trinajstić information content (AvgIpc) is 2.45. The molecule has 0 aliphatic heterocycles. The minimum Gasteiger partial charge on any atom is -0.422 e. The first-order valence-corrected chi connectivity index (χ1v) is 7.27. The maximum absolute atomic E-state index is 12.3. The molecule has 1 amide bonds. The van der Waals surface area contributed by atoms with Crippen LogP contribution in [0.1, 0.15) is 36.7 Å². The maximum atomic E-state index is 12.3. The van der Waals surface area contributed by atoms with Gasteiger partial charge in [0.25, 0.3) is 5.91 Å². The van der Waals surface area contributed by atoms with Crippen molar-refractivity contribution in [1.29, 1.82) is 0 Å². The summed E-state index contributed by atoms with van der Waals surface area (Å²) in [7, 11) is 0. The molecule has 0 bridgehead atoms. The summed E-state index contributed by atoms with van der Waals surface area (Å²) in [5.74, 6) is -0.556. The summed E-state index contributed by atoms with van der Waals surface area (Å²) in [6.07, 6.45) is 0. The van der Waals surface area contributed by atoms with Crippen LogP contribution in [0, 0.1) is 12.8 Å². The van der Waals surface area contributed by atoms with Gasteiger partial charge in [0.05, 0.1) is 5.60 Å². The standard InChI is InChI=1S/C17H21NO4/c1-10(2)17(4,21)9-18-15(19)14-11(3)12-7-5-6-8-13(12)22-16(14)20/h5-8,10,21H,9H2,1-4H3,(H,18,19). The van der Waals surface area contributed by atoms with Crippen molar-refractivity contribution in [3.63, 3.8) is 0 Å². The van der Waals surface area contributed by atoms with E-state index in [4.69, 9.17) is 4.42 Å². The highest BCUT2D eigenvalue weighted by Crippen LogP contribution is 2.19. The highest BCUT2D eigenvalue weighted by Gasteiger charge is 2.27. The monoisotopic (exact) mass is 303 g/mol. The van der Waals surface area contributed by atoms with Crippen LogP contribution in [0.3, 0.4) is 0 Å². The van der Waals surface area contributed by atoms with Crippen molar-refractivity contribution < 1.29 is 14.3 Å². The van der Waals surface area contributed by atoms with Crippen LogP contribution in [0.2, 0.25) is 0 Å². The molecule has 22 heavy (non-hydrogen) atoms. The highest BCUT2D eigenvalue weighted by molar-refractivity contribution is 5.99. The molecule has 1 aromatic heterocycles. The third-order valence-corrected chi connectivity index (χ3v) is 4.15. The van der Waals surface area contributed by atoms with Gasteiger partial charge >= 0.3 is 5.63 Å². The number of carbonyl (C=O) groups is 1. The lowest BCUT2D eigenvalue weighted by atomic mass is 9.92. The fourth-order valence-electron chi connectivity index (χ4n) is 2.12. The smallest absolute Gasteiger partial charge is 0.349 e. The molecule has 0 saturated heterocycles. The Kier molecular flexibility index (Phi) is 4.37. The second kappa shape index (κ2) is 5.93. The minimum absolute atomic E-state index is 0.0155. The number of hydrogen-bond donors (Lipinski definition) is 2. The fourth-order valence-corrected chi connectivity index (χ4v) is 2.12. The Bertz CT molecular complexity index is 759. The number of aryl methyl sites for hydroxylation is 1. The summed E-state index contributed by atoms with van der Waals surface area (Å²) in [6.45, 7) is 7.15. The van der Waals surface area contributed by atoms with Crippen LogP contribution in [0.5, 0.6) is 0 Å². The molecular weight excluding hydrogens is 282 g/mol. The Labute approximate surface area is 129 Å². The van der Waals surface area contributed by atoms with E-state index < -0.39 is 17.1 Å². The van der Waals surface area contributed by atoms with Crippen molar-refractivity contribution in [3.05, 3.63) is 45.8 Å². The van der Waals surface area contributed by atoms with Crippen molar-refractivity contribution in [2.24, 2.45) is 5.92 Å². The first-order chi connectivity index (χ1) is 10.2. The van der Waals surface area contributed by atoms with E-state index in [1.54, 1.807) is 32.0 Å². The number of hydrogen-bond acceptors (Lipinski definition) is 4. The SMILES string of the molecule is Cc1c(C(=O)NCC(C)(O)C(C)C)c(=O)oc2ccccc12. The van der Waals surface area contributed by atoms with Crippen LogP contribution < -0.4 is 10.9 Å². The molecule has 0 spiro atoms. The Morgan fingerprint density at radius 2 is 2.00 bits per heavy atom. The molecule has 2 aromatic rings. The number of rotatable bonds is 4. The molecule has 0 fully saturated rings. The second-order valence-corrected chi connectivity index (χ2v) is 6.08.